The summed E-state index contributed by atoms with van der Waals surface area (Å²) in [4.78, 5) is 0. The van der Waals surface area contributed by atoms with E-state index in [-0.39, 0.29) is 6.61 Å². The molecule has 1 atom stereocenters. The van der Waals surface area contributed by atoms with Crippen LogP contribution in [0.25, 0.3) is 0 Å². The molecule has 2 aromatic rings. The molecule has 1 aliphatic carbocycles. The molecule has 0 fully saturated rings. The van der Waals surface area contributed by atoms with E-state index in [0.29, 0.717) is 6.04 Å². The number of aliphatic hydroxyl groups excluding tert-OH is 1. The maximum Gasteiger partial charge on any atom is 0.0681 e. The van der Waals surface area contributed by atoms with Gasteiger partial charge >= 0.3 is 0 Å². The summed E-state index contributed by atoms with van der Waals surface area (Å²) in [5.41, 5.74) is 5.37. The molecule has 0 amide bonds. The minimum Gasteiger partial charge on any atom is -0.392 e. The Morgan fingerprint density at radius 2 is 1.70 bits per heavy atom. The molecule has 0 saturated carbocycles. The van der Waals surface area contributed by atoms with Crippen molar-refractivity contribution in [3.8, 4) is 0 Å². The Labute approximate surface area is 139 Å². The van der Waals surface area contributed by atoms with E-state index in [2.05, 4.69) is 53.8 Å². The van der Waals surface area contributed by atoms with E-state index in [1.807, 2.05) is 0 Å². The Hall–Kier alpha value is -1.64. The normalized spacial score (nSPS) is 17.5. The van der Waals surface area contributed by atoms with Crippen LogP contribution in [0, 0.1) is 0 Å². The molecule has 1 unspecified atom stereocenters. The van der Waals surface area contributed by atoms with E-state index in [1.165, 1.54) is 36.0 Å². The van der Waals surface area contributed by atoms with E-state index in [0.717, 1.165) is 31.4 Å². The van der Waals surface area contributed by atoms with E-state index < -0.39 is 0 Å². The first-order chi connectivity index (χ1) is 11.3. The fraction of sp³-hybridized carbons (Fsp3) is 0.429. The van der Waals surface area contributed by atoms with Gasteiger partial charge in [0.25, 0.3) is 0 Å². The molecule has 0 saturated heterocycles. The molecule has 2 aromatic carbocycles. The number of nitrogens with one attached hydrogen (secondary N) is 1. The molecule has 3 rings (SSSR count). The predicted octanol–water partition coefficient (Wildman–Crippen LogP) is 3.65. The van der Waals surface area contributed by atoms with Crippen LogP contribution >= 0.6 is 0 Å². The number of fused-ring (bicyclic) bond motifs is 1. The fourth-order valence-electron chi connectivity index (χ4n) is 3.51. The second kappa shape index (κ2) is 8.28. The minimum atomic E-state index is 0.147. The van der Waals surface area contributed by atoms with Crippen molar-refractivity contribution in [1.29, 1.82) is 0 Å². The molecule has 0 bridgehead atoms. The first-order valence-electron chi connectivity index (χ1n) is 8.84. The van der Waals surface area contributed by atoms with Crippen molar-refractivity contribution in [2.24, 2.45) is 0 Å². The highest BCUT2D eigenvalue weighted by Crippen LogP contribution is 2.22. The summed E-state index contributed by atoms with van der Waals surface area (Å²) in [6, 6.07) is 17.8. The van der Waals surface area contributed by atoms with E-state index in [9.17, 15) is 5.11 Å². The summed E-state index contributed by atoms with van der Waals surface area (Å²) in [6.07, 6.45) is 7.05. The molecule has 2 N–H and O–H groups in total. The molecule has 23 heavy (non-hydrogen) atoms. The standard InChI is InChI=1S/C21H27NO/c23-16-18-8-9-19-10-12-21(13-11-20(19)15-18)22-14-4-7-17-5-2-1-3-6-17/h1-3,5-6,8-9,15,21-23H,4,7,10-14,16H2. The SMILES string of the molecule is OCc1ccc2c(c1)CCC(NCCCc1ccccc1)CC2. The quantitative estimate of drug-likeness (QED) is 0.630. The lowest BCUT2D eigenvalue weighted by atomic mass is 10.0. The number of hydrogen-bond acceptors (Lipinski definition) is 2. The highest BCUT2D eigenvalue weighted by molar-refractivity contribution is 5.33. The summed E-state index contributed by atoms with van der Waals surface area (Å²) < 4.78 is 0. The Balaban J connectivity index is 1.44. The lowest BCUT2D eigenvalue weighted by Gasteiger charge is -2.16. The first kappa shape index (κ1) is 16.2. The highest BCUT2D eigenvalue weighted by atomic mass is 16.3. The average Bonchev–Trinajstić information content (AvgIpc) is 2.81. The molecule has 1 aliphatic rings. The maximum absolute atomic E-state index is 9.29. The van der Waals surface area contributed by atoms with Gasteiger partial charge in [-0.25, -0.2) is 0 Å². The minimum absolute atomic E-state index is 0.147. The Morgan fingerprint density at radius 1 is 0.913 bits per heavy atom. The molecular weight excluding hydrogens is 282 g/mol. The lowest BCUT2D eigenvalue weighted by Crippen LogP contribution is -2.30. The molecule has 0 radical (unpaired) electrons. The van der Waals surface area contributed by atoms with Gasteiger partial charge in [0, 0.05) is 6.04 Å². The van der Waals surface area contributed by atoms with Gasteiger partial charge in [-0.05, 0) is 67.3 Å². The van der Waals surface area contributed by atoms with Crippen molar-refractivity contribution in [3.05, 3.63) is 70.8 Å². The molecule has 0 heterocycles. The largest absolute Gasteiger partial charge is 0.392 e. The summed E-state index contributed by atoms with van der Waals surface area (Å²) in [6.45, 7) is 1.24. The molecular formula is C21H27NO. The number of aliphatic hydroxyl groups is 1. The topological polar surface area (TPSA) is 32.3 Å². The molecule has 122 valence electrons. The first-order valence-corrected chi connectivity index (χ1v) is 8.84. The van der Waals surface area contributed by atoms with Crippen molar-refractivity contribution < 1.29 is 5.11 Å². The second-order valence-electron chi connectivity index (χ2n) is 6.58. The summed E-state index contributed by atoms with van der Waals surface area (Å²) in [5, 5.41) is 13.0. The van der Waals surface area contributed by atoms with Crippen LogP contribution in [0.2, 0.25) is 0 Å². The van der Waals surface area contributed by atoms with Crippen molar-refractivity contribution in [1.82, 2.24) is 5.32 Å². The van der Waals surface area contributed by atoms with Crippen molar-refractivity contribution in [2.75, 3.05) is 6.54 Å². The monoisotopic (exact) mass is 309 g/mol. The maximum atomic E-state index is 9.29. The zero-order valence-electron chi connectivity index (χ0n) is 13.8. The van der Waals surface area contributed by atoms with E-state index in [1.54, 1.807) is 0 Å². The summed E-state index contributed by atoms with van der Waals surface area (Å²) >= 11 is 0. The third-order valence-electron chi connectivity index (χ3n) is 4.90. The van der Waals surface area contributed by atoms with Gasteiger partial charge in [-0.15, -0.1) is 0 Å². The number of aryl methyl sites for hydroxylation is 3. The van der Waals surface area contributed by atoms with Gasteiger partial charge in [-0.3, -0.25) is 0 Å². The van der Waals surface area contributed by atoms with Crippen molar-refractivity contribution in [3.63, 3.8) is 0 Å². The molecule has 2 nitrogen and oxygen atoms in total. The summed E-state index contributed by atoms with van der Waals surface area (Å²) in [7, 11) is 0. The average molecular weight is 309 g/mol. The Bertz CT molecular complexity index is 608. The fourth-order valence-corrected chi connectivity index (χ4v) is 3.51. The zero-order valence-corrected chi connectivity index (χ0v) is 13.8. The van der Waals surface area contributed by atoms with Crippen LogP contribution in [-0.4, -0.2) is 17.7 Å². The van der Waals surface area contributed by atoms with Gasteiger partial charge in [0.2, 0.25) is 0 Å². The Kier molecular flexibility index (Phi) is 5.84. The third kappa shape index (κ3) is 4.66. The van der Waals surface area contributed by atoms with Gasteiger partial charge in [0.15, 0.2) is 0 Å². The van der Waals surface area contributed by atoms with Gasteiger partial charge in [-0.1, -0.05) is 48.5 Å². The molecule has 2 heteroatoms. The number of hydrogen-bond donors (Lipinski definition) is 2. The predicted molar refractivity (Wildman–Crippen MR) is 95.6 cm³/mol. The van der Waals surface area contributed by atoms with Gasteiger partial charge < -0.3 is 10.4 Å². The van der Waals surface area contributed by atoms with Crippen LogP contribution in [0.3, 0.4) is 0 Å². The van der Waals surface area contributed by atoms with Gasteiger partial charge in [0.1, 0.15) is 0 Å². The smallest absolute Gasteiger partial charge is 0.0681 e. The Morgan fingerprint density at radius 3 is 2.48 bits per heavy atom. The third-order valence-corrected chi connectivity index (χ3v) is 4.90. The van der Waals surface area contributed by atoms with Crippen LogP contribution in [-0.2, 0) is 25.9 Å². The van der Waals surface area contributed by atoms with Gasteiger partial charge in [-0.2, -0.15) is 0 Å². The van der Waals surface area contributed by atoms with Crippen molar-refractivity contribution in [2.45, 2.75) is 51.2 Å². The molecule has 0 aromatic heterocycles. The van der Waals surface area contributed by atoms with E-state index >= 15 is 0 Å². The van der Waals surface area contributed by atoms with Crippen LogP contribution in [0.15, 0.2) is 48.5 Å². The number of benzene rings is 2. The van der Waals surface area contributed by atoms with E-state index in [4.69, 9.17) is 0 Å². The van der Waals surface area contributed by atoms with Crippen molar-refractivity contribution >= 4 is 0 Å². The lowest BCUT2D eigenvalue weighted by molar-refractivity contribution is 0.281. The number of rotatable bonds is 6. The van der Waals surface area contributed by atoms with Crippen LogP contribution in [0.1, 0.15) is 41.5 Å². The van der Waals surface area contributed by atoms with Crippen LogP contribution in [0.4, 0.5) is 0 Å². The van der Waals surface area contributed by atoms with Crippen LogP contribution < -0.4 is 5.32 Å². The molecule has 0 aliphatic heterocycles. The summed E-state index contributed by atoms with van der Waals surface area (Å²) in [5.74, 6) is 0. The second-order valence-corrected chi connectivity index (χ2v) is 6.58. The zero-order chi connectivity index (χ0) is 15.9. The molecule has 0 spiro atoms. The van der Waals surface area contributed by atoms with Gasteiger partial charge in [0.05, 0.1) is 6.61 Å². The van der Waals surface area contributed by atoms with Crippen LogP contribution in [0.5, 0.6) is 0 Å². The highest BCUT2D eigenvalue weighted by Gasteiger charge is 2.15.